The average molecular weight is 326 g/mol. The standard InChI is InChI=1S/C14H17IN/c15-13-9-11-5-4-6-12(11)10-14(13)16-7-2-1-3-8-16/h1-4,6-8,11-14H,5,9-10H2/q+1/t11-,12-,13+,14+/m1/s1. The van der Waals surface area contributed by atoms with E-state index >= 15 is 0 Å². The quantitative estimate of drug-likeness (QED) is 0.323. The Bertz CT molecular complexity index is 387. The fourth-order valence-corrected chi connectivity index (χ4v) is 4.43. The van der Waals surface area contributed by atoms with Gasteiger partial charge < -0.3 is 0 Å². The Hall–Kier alpha value is -0.380. The number of hydrogen-bond donors (Lipinski definition) is 0. The molecule has 1 nitrogen and oxygen atoms in total. The second kappa shape index (κ2) is 4.47. The molecule has 2 aliphatic rings. The minimum atomic E-state index is 0.686. The predicted octanol–water partition coefficient (Wildman–Crippen LogP) is 3.30. The van der Waals surface area contributed by atoms with Gasteiger partial charge in [-0.05, 0) is 24.7 Å². The summed E-state index contributed by atoms with van der Waals surface area (Å²) >= 11 is 2.65. The van der Waals surface area contributed by atoms with Crippen molar-refractivity contribution in [3.8, 4) is 0 Å². The summed E-state index contributed by atoms with van der Waals surface area (Å²) in [6.45, 7) is 0. The van der Waals surface area contributed by atoms with Gasteiger partial charge in [-0.3, -0.25) is 0 Å². The molecule has 0 saturated heterocycles. The summed E-state index contributed by atoms with van der Waals surface area (Å²) in [4.78, 5) is 0. The van der Waals surface area contributed by atoms with Crippen LogP contribution in [0.15, 0.2) is 42.7 Å². The Kier molecular flexibility index (Phi) is 3.01. The molecule has 0 amide bonds. The van der Waals surface area contributed by atoms with Crippen LogP contribution < -0.4 is 4.57 Å². The third-order valence-electron chi connectivity index (χ3n) is 4.01. The molecule has 84 valence electrons. The van der Waals surface area contributed by atoms with Crippen LogP contribution >= 0.6 is 22.6 Å². The van der Waals surface area contributed by atoms with E-state index in [1.54, 1.807) is 0 Å². The number of nitrogens with zero attached hydrogens (tertiary/aromatic N) is 1. The van der Waals surface area contributed by atoms with Gasteiger partial charge in [-0.2, -0.15) is 0 Å². The maximum Gasteiger partial charge on any atom is 0.170 e. The van der Waals surface area contributed by atoms with Gasteiger partial charge in [-0.25, -0.2) is 4.57 Å². The van der Waals surface area contributed by atoms with Crippen LogP contribution in [0.4, 0.5) is 0 Å². The van der Waals surface area contributed by atoms with E-state index in [9.17, 15) is 0 Å². The molecule has 0 aromatic carbocycles. The molecule has 2 heteroatoms. The van der Waals surface area contributed by atoms with Gasteiger partial charge in [0.15, 0.2) is 18.4 Å². The first-order chi connectivity index (χ1) is 7.84. The van der Waals surface area contributed by atoms with Crippen LogP contribution in [0.5, 0.6) is 0 Å². The lowest BCUT2D eigenvalue weighted by molar-refractivity contribution is -0.724. The summed E-state index contributed by atoms with van der Waals surface area (Å²) in [6.07, 6.45) is 13.3. The van der Waals surface area contributed by atoms with Crippen molar-refractivity contribution in [2.75, 3.05) is 0 Å². The third-order valence-corrected chi connectivity index (χ3v) is 5.35. The normalized spacial score (nSPS) is 37.3. The Balaban J connectivity index is 1.83. The van der Waals surface area contributed by atoms with Crippen LogP contribution in [0.3, 0.4) is 0 Å². The van der Waals surface area contributed by atoms with Gasteiger partial charge in [-0.15, -0.1) is 0 Å². The van der Waals surface area contributed by atoms with Crippen molar-refractivity contribution < 1.29 is 4.57 Å². The number of pyridine rings is 1. The maximum atomic E-state index is 2.65. The first kappa shape index (κ1) is 10.8. The lowest BCUT2D eigenvalue weighted by Gasteiger charge is -2.32. The summed E-state index contributed by atoms with van der Waals surface area (Å²) in [6, 6.07) is 7.06. The Labute approximate surface area is 111 Å². The van der Waals surface area contributed by atoms with Gasteiger partial charge in [0.1, 0.15) is 0 Å². The number of halogens is 1. The smallest absolute Gasteiger partial charge is 0.170 e. The van der Waals surface area contributed by atoms with Crippen molar-refractivity contribution >= 4 is 22.6 Å². The molecule has 0 radical (unpaired) electrons. The summed E-state index contributed by atoms with van der Waals surface area (Å²) in [7, 11) is 0. The van der Waals surface area contributed by atoms with Crippen LogP contribution in [0.1, 0.15) is 25.3 Å². The highest BCUT2D eigenvalue weighted by Crippen LogP contribution is 2.43. The minimum absolute atomic E-state index is 0.686. The lowest BCUT2D eigenvalue weighted by atomic mass is 9.79. The Morgan fingerprint density at radius 2 is 1.88 bits per heavy atom. The number of alkyl halides is 1. The zero-order valence-corrected chi connectivity index (χ0v) is 11.5. The van der Waals surface area contributed by atoms with E-state index in [0.717, 1.165) is 15.8 Å². The highest BCUT2D eigenvalue weighted by Gasteiger charge is 2.40. The molecule has 1 fully saturated rings. The van der Waals surface area contributed by atoms with E-state index in [1.165, 1.54) is 19.3 Å². The molecular weight excluding hydrogens is 309 g/mol. The summed E-state index contributed by atoms with van der Waals surface area (Å²) in [5.41, 5.74) is 0. The topological polar surface area (TPSA) is 3.88 Å². The monoisotopic (exact) mass is 326 g/mol. The summed E-state index contributed by atoms with van der Waals surface area (Å²) in [5, 5.41) is 0. The fourth-order valence-electron chi connectivity index (χ4n) is 3.12. The van der Waals surface area contributed by atoms with Crippen molar-refractivity contribution in [3.05, 3.63) is 42.7 Å². The van der Waals surface area contributed by atoms with Gasteiger partial charge in [0.05, 0.1) is 3.92 Å². The second-order valence-corrected chi connectivity index (χ2v) is 6.57. The van der Waals surface area contributed by atoms with Crippen molar-refractivity contribution in [2.24, 2.45) is 11.8 Å². The zero-order valence-electron chi connectivity index (χ0n) is 9.30. The summed E-state index contributed by atoms with van der Waals surface area (Å²) < 4.78 is 3.19. The molecule has 0 bridgehead atoms. The highest BCUT2D eigenvalue weighted by atomic mass is 127. The van der Waals surface area contributed by atoms with E-state index in [1.807, 2.05) is 0 Å². The molecule has 1 saturated carbocycles. The Morgan fingerprint density at radius 3 is 2.69 bits per heavy atom. The molecule has 0 N–H and O–H groups in total. The second-order valence-electron chi connectivity index (χ2n) is 4.97. The van der Waals surface area contributed by atoms with Crippen LogP contribution in [0, 0.1) is 11.8 Å². The highest BCUT2D eigenvalue weighted by molar-refractivity contribution is 14.1. The van der Waals surface area contributed by atoms with Gasteiger partial charge in [0.25, 0.3) is 0 Å². The largest absolute Gasteiger partial charge is 0.201 e. The molecule has 4 atom stereocenters. The van der Waals surface area contributed by atoms with E-state index < -0.39 is 0 Å². The van der Waals surface area contributed by atoms with Gasteiger partial charge in [0.2, 0.25) is 0 Å². The molecule has 0 aliphatic heterocycles. The molecule has 0 unspecified atom stereocenters. The molecule has 1 aromatic heterocycles. The number of aromatic nitrogens is 1. The minimum Gasteiger partial charge on any atom is -0.201 e. The SMILES string of the molecule is I[C@H]1C[C@H]2CC=C[C@@H]2C[C@@H]1[n+]1ccccc1. The number of hydrogen-bond acceptors (Lipinski definition) is 0. The molecular formula is C14H17IN+. The van der Waals surface area contributed by atoms with Gasteiger partial charge >= 0.3 is 0 Å². The molecule has 1 aromatic rings. The fraction of sp³-hybridized carbons (Fsp3) is 0.500. The molecule has 2 aliphatic carbocycles. The third kappa shape index (κ3) is 1.92. The van der Waals surface area contributed by atoms with Crippen molar-refractivity contribution in [1.82, 2.24) is 0 Å². The van der Waals surface area contributed by atoms with E-state index in [0.29, 0.717) is 6.04 Å². The first-order valence-electron chi connectivity index (χ1n) is 6.11. The van der Waals surface area contributed by atoms with Crippen LogP contribution in [-0.2, 0) is 0 Å². The first-order valence-corrected chi connectivity index (χ1v) is 7.35. The molecule has 3 rings (SSSR count). The van der Waals surface area contributed by atoms with Crippen LogP contribution in [0.2, 0.25) is 0 Å². The summed E-state index contributed by atoms with van der Waals surface area (Å²) in [5.74, 6) is 1.77. The maximum absolute atomic E-state index is 2.65. The molecule has 16 heavy (non-hydrogen) atoms. The predicted molar refractivity (Wildman–Crippen MR) is 73.5 cm³/mol. The number of allylic oxidation sites excluding steroid dienone is 2. The van der Waals surface area contributed by atoms with Crippen molar-refractivity contribution in [2.45, 2.75) is 29.2 Å². The molecule has 0 spiro atoms. The van der Waals surface area contributed by atoms with E-state index in [4.69, 9.17) is 0 Å². The number of rotatable bonds is 1. The van der Waals surface area contributed by atoms with Crippen molar-refractivity contribution in [1.29, 1.82) is 0 Å². The van der Waals surface area contributed by atoms with Gasteiger partial charge in [-0.1, -0.05) is 40.8 Å². The van der Waals surface area contributed by atoms with E-state index in [-0.39, 0.29) is 0 Å². The van der Waals surface area contributed by atoms with Crippen LogP contribution in [-0.4, -0.2) is 3.92 Å². The zero-order chi connectivity index (χ0) is 11.0. The Morgan fingerprint density at radius 1 is 1.06 bits per heavy atom. The number of fused-ring (bicyclic) bond motifs is 1. The molecule has 1 heterocycles. The van der Waals surface area contributed by atoms with Crippen molar-refractivity contribution in [3.63, 3.8) is 0 Å². The van der Waals surface area contributed by atoms with Crippen LogP contribution in [0.25, 0.3) is 0 Å². The van der Waals surface area contributed by atoms with Gasteiger partial charge in [0, 0.05) is 18.6 Å². The lowest BCUT2D eigenvalue weighted by Crippen LogP contribution is -2.47. The van der Waals surface area contributed by atoms with E-state index in [2.05, 4.69) is 69.9 Å². The average Bonchev–Trinajstić information content (AvgIpc) is 2.76.